The van der Waals surface area contributed by atoms with E-state index in [1.807, 2.05) is 30.3 Å². The zero-order valence-corrected chi connectivity index (χ0v) is 17.7. The Morgan fingerprint density at radius 3 is 2.35 bits per heavy atom. The van der Waals surface area contributed by atoms with Crippen molar-refractivity contribution in [2.75, 3.05) is 11.6 Å². The van der Waals surface area contributed by atoms with E-state index in [0.29, 0.717) is 11.1 Å². The molecule has 3 nitrogen and oxygen atoms in total. The van der Waals surface area contributed by atoms with E-state index in [1.165, 1.54) is 4.90 Å². The Hall–Kier alpha value is -3.50. The summed E-state index contributed by atoms with van der Waals surface area (Å²) < 4.78 is 5.78. The highest BCUT2D eigenvalue weighted by Gasteiger charge is 2.33. The van der Waals surface area contributed by atoms with Gasteiger partial charge < -0.3 is 9.73 Å². The van der Waals surface area contributed by atoms with Crippen LogP contribution in [-0.2, 0) is 0 Å². The van der Waals surface area contributed by atoms with Gasteiger partial charge in [-0.05, 0) is 58.5 Å². The second kappa shape index (κ2) is 7.03. The number of para-hydroxylation sites is 1. The maximum Gasteiger partial charge on any atom is 0.342 e. The highest BCUT2D eigenvalue weighted by molar-refractivity contribution is 7.98. The lowest BCUT2D eigenvalue weighted by molar-refractivity contribution is 0.549. The predicted molar refractivity (Wildman–Crippen MR) is 129 cm³/mol. The van der Waals surface area contributed by atoms with Crippen LogP contribution in [0.2, 0.25) is 0 Å². The molecule has 1 aliphatic rings. The van der Waals surface area contributed by atoms with E-state index in [4.69, 9.17) is 4.42 Å². The van der Waals surface area contributed by atoms with Crippen molar-refractivity contribution in [1.29, 1.82) is 0 Å². The van der Waals surface area contributed by atoms with Crippen LogP contribution in [-0.4, -0.2) is 6.26 Å². The van der Waals surface area contributed by atoms with Gasteiger partial charge in [0, 0.05) is 21.9 Å². The van der Waals surface area contributed by atoms with Crippen LogP contribution in [0.25, 0.3) is 21.7 Å². The van der Waals surface area contributed by atoms with Crippen molar-refractivity contribution >= 4 is 44.9 Å². The molecule has 0 fully saturated rings. The first-order chi connectivity index (χ1) is 15.2. The summed E-state index contributed by atoms with van der Waals surface area (Å²) in [5.41, 5.74) is 5.04. The van der Waals surface area contributed by atoms with Gasteiger partial charge in [0.2, 0.25) is 0 Å². The molecule has 6 rings (SSSR count). The molecule has 31 heavy (non-hydrogen) atoms. The van der Waals surface area contributed by atoms with Crippen molar-refractivity contribution in [3.8, 4) is 0 Å². The first kappa shape index (κ1) is 18.3. The largest absolute Gasteiger partial charge is 0.422 e. The van der Waals surface area contributed by atoms with Crippen molar-refractivity contribution in [3.63, 3.8) is 0 Å². The minimum Gasteiger partial charge on any atom is -0.422 e. The van der Waals surface area contributed by atoms with Crippen LogP contribution in [0.5, 0.6) is 0 Å². The molecule has 5 aromatic rings. The van der Waals surface area contributed by atoms with Gasteiger partial charge in [-0.1, -0.05) is 54.6 Å². The van der Waals surface area contributed by atoms with E-state index >= 15 is 0 Å². The van der Waals surface area contributed by atoms with Crippen molar-refractivity contribution in [3.05, 3.63) is 112 Å². The minimum atomic E-state index is -0.293. The Morgan fingerprint density at radius 1 is 0.806 bits per heavy atom. The average Bonchev–Trinajstić information content (AvgIpc) is 2.83. The molecule has 0 spiro atoms. The molecule has 0 radical (unpaired) electrons. The molecular weight excluding hydrogens is 402 g/mol. The van der Waals surface area contributed by atoms with Gasteiger partial charge in [0.05, 0.1) is 11.3 Å². The van der Waals surface area contributed by atoms with E-state index in [2.05, 4.69) is 66.2 Å². The highest BCUT2D eigenvalue weighted by atomic mass is 32.2. The van der Waals surface area contributed by atoms with Crippen LogP contribution in [0.3, 0.4) is 0 Å². The molecule has 0 bridgehead atoms. The predicted octanol–water partition coefficient (Wildman–Crippen LogP) is 6.91. The summed E-state index contributed by atoms with van der Waals surface area (Å²) in [4.78, 5) is 14.5. The fourth-order valence-electron chi connectivity index (χ4n) is 4.69. The van der Waals surface area contributed by atoms with Crippen molar-refractivity contribution in [2.45, 2.75) is 10.8 Å². The second-order valence-corrected chi connectivity index (χ2v) is 8.63. The number of hydrogen-bond acceptors (Lipinski definition) is 4. The van der Waals surface area contributed by atoms with Crippen LogP contribution in [0, 0.1) is 0 Å². The summed E-state index contributed by atoms with van der Waals surface area (Å²) in [5, 5.41) is 6.79. The maximum absolute atomic E-state index is 13.3. The zero-order valence-electron chi connectivity index (χ0n) is 16.9. The molecule has 1 N–H and O–H groups in total. The Bertz CT molecular complexity index is 1520. The van der Waals surface area contributed by atoms with Crippen molar-refractivity contribution in [1.82, 2.24) is 0 Å². The minimum absolute atomic E-state index is 0.214. The molecule has 0 amide bonds. The van der Waals surface area contributed by atoms with Crippen molar-refractivity contribution < 1.29 is 4.42 Å². The average molecular weight is 422 g/mol. The smallest absolute Gasteiger partial charge is 0.342 e. The molecule has 0 unspecified atom stereocenters. The lowest BCUT2D eigenvalue weighted by atomic mass is 9.79. The maximum atomic E-state index is 13.3. The summed E-state index contributed by atoms with van der Waals surface area (Å²) in [6.45, 7) is 0. The molecule has 1 aromatic heterocycles. The first-order valence-electron chi connectivity index (χ1n) is 10.2. The highest BCUT2D eigenvalue weighted by Crippen LogP contribution is 2.48. The monoisotopic (exact) mass is 421 g/mol. The molecule has 2 heterocycles. The van der Waals surface area contributed by atoms with Gasteiger partial charge in [0.1, 0.15) is 5.58 Å². The fourth-order valence-corrected chi connectivity index (χ4v) is 5.09. The normalized spacial score (nSPS) is 14.8. The second-order valence-electron chi connectivity index (χ2n) is 7.75. The molecule has 4 heteroatoms. The number of benzene rings is 4. The third kappa shape index (κ3) is 2.79. The van der Waals surface area contributed by atoms with Crippen LogP contribution >= 0.6 is 11.8 Å². The van der Waals surface area contributed by atoms with E-state index in [9.17, 15) is 4.79 Å². The third-order valence-corrected chi connectivity index (χ3v) is 6.85. The van der Waals surface area contributed by atoms with Gasteiger partial charge in [-0.25, -0.2) is 4.79 Å². The number of anilines is 2. The summed E-state index contributed by atoms with van der Waals surface area (Å²) in [6, 6.07) is 28.8. The van der Waals surface area contributed by atoms with E-state index in [-0.39, 0.29) is 11.5 Å². The van der Waals surface area contributed by atoms with Crippen LogP contribution in [0.15, 0.2) is 99.0 Å². The Balaban J connectivity index is 1.73. The van der Waals surface area contributed by atoms with E-state index in [1.54, 1.807) is 11.8 Å². The quantitative estimate of drug-likeness (QED) is 0.244. The van der Waals surface area contributed by atoms with Crippen LogP contribution in [0.4, 0.5) is 11.4 Å². The van der Waals surface area contributed by atoms with Crippen LogP contribution < -0.4 is 10.9 Å². The Morgan fingerprint density at radius 2 is 1.55 bits per heavy atom. The summed E-state index contributed by atoms with van der Waals surface area (Å²) in [7, 11) is 0. The molecule has 1 atom stereocenters. The SMILES string of the molecule is CSc1ccc([C@H]2c3c(c4ccccc4oc3=O)Nc3ccc4ccccc4c32)cc1. The van der Waals surface area contributed by atoms with Gasteiger partial charge in [0.25, 0.3) is 0 Å². The van der Waals surface area contributed by atoms with Crippen LogP contribution in [0.1, 0.15) is 22.6 Å². The number of fused-ring (bicyclic) bond motifs is 6. The number of thioether (sulfide) groups is 1. The molecule has 0 saturated heterocycles. The summed E-state index contributed by atoms with van der Waals surface area (Å²) in [5.74, 6) is -0.214. The summed E-state index contributed by atoms with van der Waals surface area (Å²) in [6.07, 6.45) is 2.07. The van der Waals surface area contributed by atoms with E-state index in [0.717, 1.165) is 38.7 Å². The van der Waals surface area contributed by atoms with E-state index < -0.39 is 0 Å². The molecule has 150 valence electrons. The van der Waals surface area contributed by atoms with Gasteiger partial charge in [-0.15, -0.1) is 11.8 Å². The summed E-state index contributed by atoms with van der Waals surface area (Å²) >= 11 is 1.71. The Labute approximate surface area is 183 Å². The Kier molecular flexibility index (Phi) is 4.15. The first-order valence-corrected chi connectivity index (χ1v) is 11.5. The standard InChI is InChI=1S/C27H19NO2S/c1-31-18-13-10-17(11-14-18)23-24-19-7-3-2-6-16(19)12-15-21(24)28-26-20-8-4-5-9-22(20)30-27(29)25(23)26/h2-15,23,28H,1H3/t23-/m1/s1. The third-order valence-electron chi connectivity index (χ3n) is 6.11. The number of rotatable bonds is 2. The van der Waals surface area contributed by atoms with Gasteiger partial charge in [0.15, 0.2) is 0 Å². The fraction of sp³-hybridized carbons (Fsp3) is 0.0741. The molecule has 0 saturated carbocycles. The molecule has 0 aliphatic carbocycles. The van der Waals surface area contributed by atoms with Crippen molar-refractivity contribution in [2.24, 2.45) is 0 Å². The molecule has 4 aromatic carbocycles. The lowest BCUT2D eigenvalue weighted by Gasteiger charge is -2.30. The topological polar surface area (TPSA) is 42.2 Å². The number of hydrogen-bond donors (Lipinski definition) is 1. The van der Waals surface area contributed by atoms with Gasteiger partial charge in [-0.2, -0.15) is 0 Å². The van der Waals surface area contributed by atoms with Gasteiger partial charge >= 0.3 is 5.63 Å². The molecular formula is C27H19NO2S. The number of nitrogens with one attached hydrogen (secondary N) is 1. The molecule has 1 aliphatic heterocycles. The van der Waals surface area contributed by atoms with Gasteiger partial charge in [-0.3, -0.25) is 0 Å². The zero-order chi connectivity index (χ0) is 20.9. The lowest BCUT2D eigenvalue weighted by Crippen LogP contribution is -2.22.